The number of aromatic nitrogens is 1. The van der Waals surface area contributed by atoms with Crippen LogP contribution in [0.4, 0.5) is 8.78 Å². The molecule has 2 aliphatic carbocycles. The molecule has 4 heteroatoms. The van der Waals surface area contributed by atoms with Crippen molar-refractivity contribution in [3.8, 4) is 11.3 Å². The summed E-state index contributed by atoms with van der Waals surface area (Å²) in [7, 11) is 2.06. The van der Waals surface area contributed by atoms with Gasteiger partial charge in [-0.3, -0.25) is 0 Å². The number of benzene rings is 2. The molecule has 140 valence electrons. The van der Waals surface area contributed by atoms with Gasteiger partial charge < -0.3 is 4.42 Å². The Hall–Kier alpha value is -2.75. The third kappa shape index (κ3) is 2.03. The lowest BCUT2D eigenvalue weighted by molar-refractivity contribution is -0.660. The Balaban J connectivity index is 1.68. The van der Waals surface area contributed by atoms with Gasteiger partial charge in [-0.25, -0.2) is 13.3 Å². The van der Waals surface area contributed by atoms with Crippen molar-refractivity contribution in [2.45, 2.75) is 38.0 Å². The number of hydrogen-bond acceptors (Lipinski definition) is 1. The molecule has 2 nitrogen and oxygen atoms in total. The van der Waals surface area contributed by atoms with Crippen LogP contribution in [0.25, 0.3) is 33.2 Å². The Morgan fingerprint density at radius 2 is 1.82 bits per heavy atom. The molecular formula is C24H20F2NO+. The second kappa shape index (κ2) is 5.40. The van der Waals surface area contributed by atoms with E-state index in [0.717, 1.165) is 22.9 Å². The van der Waals surface area contributed by atoms with Crippen LogP contribution in [-0.4, -0.2) is 0 Å². The molecule has 28 heavy (non-hydrogen) atoms. The highest BCUT2D eigenvalue weighted by Crippen LogP contribution is 2.53. The van der Waals surface area contributed by atoms with Crippen molar-refractivity contribution in [1.82, 2.24) is 0 Å². The van der Waals surface area contributed by atoms with Crippen LogP contribution in [0.5, 0.6) is 0 Å². The van der Waals surface area contributed by atoms with E-state index in [2.05, 4.69) is 23.9 Å². The minimum atomic E-state index is -0.624. The molecule has 0 radical (unpaired) electrons. The number of halogens is 2. The lowest BCUT2D eigenvalue weighted by atomic mass is 9.91. The van der Waals surface area contributed by atoms with Crippen molar-refractivity contribution in [2.75, 3.05) is 0 Å². The molecule has 2 aromatic carbocycles. The predicted octanol–water partition coefficient (Wildman–Crippen LogP) is 6.03. The normalized spacial score (nSPS) is 20.4. The maximum absolute atomic E-state index is 14.5. The smallest absolute Gasteiger partial charge is 0.216 e. The van der Waals surface area contributed by atoms with E-state index >= 15 is 0 Å². The van der Waals surface area contributed by atoms with Crippen molar-refractivity contribution >= 4 is 21.9 Å². The van der Waals surface area contributed by atoms with Crippen molar-refractivity contribution in [3.05, 3.63) is 64.9 Å². The van der Waals surface area contributed by atoms with Crippen LogP contribution < -0.4 is 4.57 Å². The van der Waals surface area contributed by atoms with Crippen molar-refractivity contribution < 1.29 is 17.8 Å². The first-order valence-corrected chi connectivity index (χ1v) is 9.86. The average molecular weight is 376 g/mol. The molecule has 0 N–H and O–H groups in total. The fraction of sp³-hybridized carbons (Fsp3) is 0.292. The summed E-state index contributed by atoms with van der Waals surface area (Å²) < 4.78 is 36.4. The molecule has 2 heterocycles. The summed E-state index contributed by atoms with van der Waals surface area (Å²) in [5.74, 6) is 0.141. The van der Waals surface area contributed by atoms with Crippen molar-refractivity contribution in [1.29, 1.82) is 0 Å². The molecule has 2 bridgehead atoms. The van der Waals surface area contributed by atoms with Crippen molar-refractivity contribution in [2.24, 2.45) is 7.05 Å². The Morgan fingerprint density at radius 3 is 2.64 bits per heavy atom. The molecular weight excluding hydrogens is 356 g/mol. The van der Waals surface area contributed by atoms with E-state index in [4.69, 9.17) is 4.42 Å². The summed E-state index contributed by atoms with van der Waals surface area (Å²) in [6.07, 6.45) is 6.08. The third-order valence-electron chi connectivity index (χ3n) is 6.77. The Labute approximate surface area is 161 Å². The van der Waals surface area contributed by atoms with Gasteiger partial charge in [-0.1, -0.05) is 12.1 Å². The van der Waals surface area contributed by atoms with Crippen LogP contribution in [0.1, 0.15) is 47.8 Å². The van der Waals surface area contributed by atoms with Crippen LogP contribution in [0, 0.1) is 18.6 Å². The number of pyridine rings is 1. The standard InChI is InChI=1S/C24H20F2NO/c1-12-3-6-16-23-19(26)8-15(25)9-21(23)28-24(16)22(12)20-10-17-13-4-5-14(7-13)18(17)11-27(20)2/h3,6,8-11,13-14H,4-5,7H2,1-2H3/q+1. The third-order valence-corrected chi connectivity index (χ3v) is 6.77. The van der Waals surface area contributed by atoms with Crippen LogP contribution in [0.15, 0.2) is 40.9 Å². The van der Waals surface area contributed by atoms with Gasteiger partial charge >= 0.3 is 0 Å². The first-order valence-electron chi connectivity index (χ1n) is 9.86. The van der Waals surface area contributed by atoms with Crippen LogP contribution in [0.3, 0.4) is 0 Å². The average Bonchev–Trinajstić information content (AvgIpc) is 3.34. The molecule has 4 aromatic rings. The first-order chi connectivity index (χ1) is 13.5. The quantitative estimate of drug-likeness (QED) is 0.371. The highest BCUT2D eigenvalue weighted by atomic mass is 19.1. The largest absolute Gasteiger partial charge is 0.455 e. The summed E-state index contributed by atoms with van der Waals surface area (Å²) in [5, 5.41) is 1.04. The summed E-state index contributed by atoms with van der Waals surface area (Å²) in [6.45, 7) is 2.04. The molecule has 2 atom stereocenters. The Bertz CT molecular complexity index is 1300. The second-order valence-corrected chi connectivity index (χ2v) is 8.38. The summed E-state index contributed by atoms with van der Waals surface area (Å²) >= 11 is 0. The topological polar surface area (TPSA) is 17.0 Å². The molecule has 0 aliphatic heterocycles. The summed E-state index contributed by atoms with van der Waals surface area (Å²) in [4.78, 5) is 0. The van der Waals surface area contributed by atoms with Crippen LogP contribution >= 0.6 is 0 Å². The number of hydrogen-bond donors (Lipinski definition) is 0. The van der Waals surface area contributed by atoms with Gasteiger partial charge in [0.25, 0.3) is 0 Å². The lowest BCUT2D eigenvalue weighted by Crippen LogP contribution is -2.32. The monoisotopic (exact) mass is 376 g/mol. The number of furan rings is 1. The summed E-state index contributed by atoms with van der Waals surface area (Å²) in [6, 6.07) is 8.35. The zero-order chi connectivity index (χ0) is 19.2. The number of rotatable bonds is 1. The van der Waals surface area contributed by atoms with Crippen LogP contribution in [-0.2, 0) is 7.05 Å². The fourth-order valence-corrected chi connectivity index (χ4v) is 5.48. The van der Waals surface area contributed by atoms with E-state index in [9.17, 15) is 8.78 Å². The molecule has 2 unspecified atom stereocenters. The zero-order valence-corrected chi connectivity index (χ0v) is 15.9. The van der Waals surface area contributed by atoms with Gasteiger partial charge in [0.1, 0.15) is 29.8 Å². The van der Waals surface area contributed by atoms with E-state index in [-0.39, 0.29) is 5.58 Å². The van der Waals surface area contributed by atoms with Gasteiger partial charge in [0, 0.05) is 29.1 Å². The summed E-state index contributed by atoms with van der Waals surface area (Å²) in [5.41, 5.74) is 6.89. The number of fused-ring (bicyclic) bond motifs is 8. The molecule has 1 fully saturated rings. The van der Waals surface area contributed by atoms with Gasteiger partial charge in [0.15, 0.2) is 6.20 Å². The van der Waals surface area contributed by atoms with Gasteiger partial charge in [-0.2, -0.15) is 0 Å². The predicted molar refractivity (Wildman–Crippen MR) is 104 cm³/mol. The van der Waals surface area contributed by atoms with Crippen molar-refractivity contribution in [3.63, 3.8) is 0 Å². The maximum atomic E-state index is 14.5. The second-order valence-electron chi connectivity index (χ2n) is 8.38. The van der Waals surface area contributed by atoms with E-state index in [0.29, 0.717) is 28.2 Å². The highest BCUT2D eigenvalue weighted by Gasteiger charge is 2.39. The zero-order valence-electron chi connectivity index (χ0n) is 15.9. The maximum Gasteiger partial charge on any atom is 0.216 e. The minimum Gasteiger partial charge on any atom is -0.455 e. The SMILES string of the molecule is Cc1ccc2c(oc3cc(F)cc(F)c32)c1-c1cc2c(c[n+]1C)C1CCC2C1. The molecule has 0 spiro atoms. The molecule has 0 saturated heterocycles. The number of nitrogens with zero attached hydrogens (tertiary/aromatic N) is 1. The lowest BCUT2D eigenvalue weighted by Gasteiger charge is -2.15. The van der Waals surface area contributed by atoms with E-state index < -0.39 is 11.6 Å². The molecule has 2 aliphatic rings. The van der Waals surface area contributed by atoms with Crippen LogP contribution in [0.2, 0.25) is 0 Å². The minimum absolute atomic E-state index is 0.252. The molecule has 1 saturated carbocycles. The van der Waals surface area contributed by atoms with E-state index in [1.54, 1.807) is 0 Å². The van der Waals surface area contributed by atoms with Gasteiger partial charge in [-0.15, -0.1) is 0 Å². The molecule has 6 rings (SSSR count). The fourth-order valence-electron chi connectivity index (χ4n) is 5.48. The number of aryl methyl sites for hydroxylation is 2. The van der Waals surface area contributed by atoms with Gasteiger partial charge in [0.05, 0.1) is 10.9 Å². The molecule has 2 aromatic heterocycles. The Kier molecular flexibility index (Phi) is 3.13. The molecule has 0 amide bonds. The first kappa shape index (κ1) is 16.2. The highest BCUT2D eigenvalue weighted by molar-refractivity contribution is 6.10. The van der Waals surface area contributed by atoms with E-state index in [1.807, 2.05) is 19.1 Å². The van der Waals surface area contributed by atoms with Gasteiger partial charge in [-0.05, 0) is 49.1 Å². The van der Waals surface area contributed by atoms with E-state index in [1.165, 1.54) is 36.5 Å². The van der Waals surface area contributed by atoms with Gasteiger partial charge in [0.2, 0.25) is 5.69 Å². The Morgan fingerprint density at radius 1 is 1.04 bits per heavy atom.